The molecule has 1 nitrogen and oxygen atoms in total. The van der Waals surface area contributed by atoms with Gasteiger partial charge in [-0.2, -0.15) is 0 Å². The van der Waals surface area contributed by atoms with Crippen molar-refractivity contribution in [2.24, 2.45) is 0 Å². The lowest BCUT2D eigenvalue weighted by Crippen LogP contribution is -1.87. The van der Waals surface area contributed by atoms with Gasteiger partial charge < -0.3 is 4.74 Å². The van der Waals surface area contributed by atoms with Gasteiger partial charge in [0, 0.05) is 11.3 Å². The zero-order valence-corrected chi connectivity index (χ0v) is 11.2. The molecule has 1 heterocycles. The van der Waals surface area contributed by atoms with Crippen molar-refractivity contribution in [2.75, 3.05) is 0 Å². The van der Waals surface area contributed by atoms with Gasteiger partial charge in [-0.15, -0.1) is 22.9 Å². The first-order valence-corrected chi connectivity index (χ1v) is 7.12. The van der Waals surface area contributed by atoms with Crippen LogP contribution in [0.1, 0.15) is 5.56 Å². The maximum Gasteiger partial charge on any atom is 0.138 e. The molecule has 3 rings (SSSR count). The molecule has 18 heavy (non-hydrogen) atoms. The fourth-order valence-electron chi connectivity index (χ4n) is 1.98. The number of halogens is 1. The van der Waals surface area contributed by atoms with E-state index >= 15 is 0 Å². The minimum absolute atomic E-state index is 0.487. The van der Waals surface area contributed by atoms with Crippen molar-refractivity contribution in [3.8, 4) is 11.5 Å². The largest absolute Gasteiger partial charge is 0.456 e. The highest BCUT2D eigenvalue weighted by atomic mass is 35.5. The minimum Gasteiger partial charge on any atom is -0.456 e. The number of rotatable bonds is 3. The van der Waals surface area contributed by atoms with Crippen LogP contribution in [-0.4, -0.2) is 0 Å². The lowest BCUT2D eigenvalue weighted by atomic mass is 10.1. The van der Waals surface area contributed by atoms with Gasteiger partial charge in [0.25, 0.3) is 0 Å². The minimum atomic E-state index is 0.487. The molecule has 0 saturated carbocycles. The van der Waals surface area contributed by atoms with Crippen LogP contribution in [0.2, 0.25) is 0 Å². The van der Waals surface area contributed by atoms with Crippen LogP contribution < -0.4 is 4.74 Å². The zero-order chi connectivity index (χ0) is 12.4. The summed E-state index contributed by atoms with van der Waals surface area (Å²) < 4.78 is 5.82. The number of benzene rings is 2. The van der Waals surface area contributed by atoms with E-state index in [1.54, 1.807) is 11.3 Å². The Morgan fingerprint density at radius 3 is 2.72 bits per heavy atom. The molecule has 0 radical (unpaired) electrons. The molecule has 0 unspecified atom stereocenters. The number of fused-ring (bicyclic) bond motifs is 1. The van der Waals surface area contributed by atoms with Gasteiger partial charge in [-0.3, -0.25) is 0 Å². The van der Waals surface area contributed by atoms with E-state index in [1.807, 2.05) is 41.1 Å². The van der Waals surface area contributed by atoms with Gasteiger partial charge in [-0.05, 0) is 39.9 Å². The Labute approximate surface area is 115 Å². The highest BCUT2D eigenvalue weighted by Crippen LogP contribution is 2.30. The fraction of sp³-hybridized carbons (Fsp3) is 0.0667. The average Bonchev–Trinajstić information content (AvgIpc) is 2.90. The molecule has 0 amide bonds. The van der Waals surface area contributed by atoms with Gasteiger partial charge in [-0.25, -0.2) is 0 Å². The summed E-state index contributed by atoms with van der Waals surface area (Å²) in [5.74, 6) is 2.19. The lowest BCUT2D eigenvalue weighted by Gasteiger charge is -2.08. The van der Waals surface area contributed by atoms with Crippen molar-refractivity contribution in [2.45, 2.75) is 5.88 Å². The summed E-state index contributed by atoms with van der Waals surface area (Å²) in [6.07, 6.45) is 0. The van der Waals surface area contributed by atoms with Gasteiger partial charge in [0.1, 0.15) is 11.5 Å². The topological polar surface area (TPSA) is 9.23 Å². The molecular weight excluding hydrogens is 264 g/mol. The van der Waals surface area contributed by atoms with E-state index in [0.717, 1.165) is 22.4 Å². The molecule has 3 aromatic rings. The Hall–Kier alpha value is -1.51. The Bertz CT molecular complexity index is 661. The van der Waals surface area contributed by atoms with Crippen LogP contribution in [-0.2, 0) is 5.88 Å². The molecule has 0 atom stereocenters. The highest BCUT2D eigenvalue weighted by Gasteiger charge is 2.05. The zero-order valence-electron chi connectivity index (χ0n) is 9.60. The molecule has 3 heteroatoms. The van der Waals surface area contributed by atoms with Crippen molar-refractivity contribution < 1.29 is 4.74 Å². The monoisotopic (exact) mass is 274 g/mol. The number of ether oxygens (including phenoxy) is 1. The standard InChI is InChI=1S/C15H11ClOS/c16-9-12-8-14(17-13-5-6-18-10-13)7-11-3-1-2-4-15(11)12/h1-8,10H,9H2. The van der Waals surface area contributed by atoms with E-state index in [1.165, 1.54) is 5.39 Å². The third kappa shape index (κ3) is 2.22. The van der Waals surface area contributed by atoms with Crippen LogP contribution in [0.3, 0.4) is 0 Å². The van der Waals surface area contributed by atoms with Gasteiger partial charge >= 0.3 is 0 Å². The van der Waals surface area contributed by atoms with Crippen molar-refractivity contribution >= 4 is 33.7 Å². The Kier molecular flexibility index (Phi) is 3.22. The molecule has 0 aliphatic rings. The van der Waals surface area contributed by atoms with Crippen LogP contribution in [0.15, 0.2) is 53.2 Å². The highest BCUT2D eigenvalue weighted by molar-refractivity contribution is 7.08. The quantitative estimate of drug-likeness (QED) is 0.579. The van der Waals surface area contributed by atoms with E-state index in [2.05, 4.69) is 12.1 Å². The van der Waals surface area contributed by atoms with Crippen LogP contribution in [0.25, 0.3) is 10.8 Å². The SMILES string of the molecule is ClCc1cc(Oc2ccsc2)cc2ccccc12. The summed E-state index contributed by atoms with van der Waals surface area (Å²) in [6.45, 7) is 0. The van der Waals surface area contributed by atoms with Crippen LogP contribution in [0.5, 0.6) is 11.5 Å². The van der Waals surface area contributed by atoms with E-state index in [4.69, 9.17) is 16.3 Å². The van der Waals surface area contributed by atoms with Crippen molar-refractivity contribution in [3.05, 3.63) is 58.8 Å². The second-order valence-electron chi connectivity index (χ2n) is 4.00. The first kappa shape index (κ1) is 11.6. The lowest BCUT2D eigenvalue weighted by molar-refractivity contribution is 0.485. The summed E-state index contributed by atoms with van der Waals surface area (Å²) in [7, 11) is 0. The molecule has 0 fully saturated rings. The summed E-state index contributed by atoms with van der Waals surface area (Å²) in [4.78, 5) is 0. The smallest absolute Gasteiger partial charge is 0.138 e. The summed E-state index contributed by atoms with van der Waals surface area (Å²) in [5, 5.41) is 6.32. The van der Waals surface area contributed by atoms with Crippen molar-refractivity contribution in [3.63, 3.8) is 0 Å². The molecule has 0 N–H and O–H groups in total. The number of alkyl halides is 1. The summed E-state index contributed by atoms with van der Waals surface area (Å²) in [5.41, 5.74) is 1.10. The second kappa shape index (κ2) is 5.01. The Morgan fingerprint density at radius 1 is 1.06 bits per heavy atom. The molecule has 0 bridgehead atoms. The van der Waals surface area contributed by atoms with Gasteiger partial charge in [0.2, 0.25) is 0 Å². The van der Waals surface area contributed by atoms with E-state index in [-0.39, 0.29) is 0 Å². The van der Waals surface area contributed by atoms with Crippen LogP contribution in [0.4, 0.5) is 0 Å². The molecule has 0 saturated heterocycles. The van der Waals surface area contributed by atoms with Crippen molar-refractivity contribution in [1.82, 2.24) is 0 Å². The van der Waals surface area contributed by atoms with Gasteiger partial charge in [0.15, 0.2) is 0 Å². The van der Waals surface area contributed by atoms with Crippen molar-refractivity contribution in [1.29, 1.82) is 0 Å². The first-order chi connectivity index (χ1) is 8.86. The molecule has 90 valence electrons. The maximum absolute atomic E-state index is 6.01. The second-order valence-corrected chi connectivity index (χ2v) is 5.05. The van der Waals surface area contributed by atoms with Gasteiger partial charge in [0.05, 0.1) is 0 Å². The first-order valence-electron chi connectivity index (χ1n) is 5.64. The van der Waals surface area contributed by atoms with Crippen LogP contribution in [0, 0.1) is 0 Å². The number of hydrogen-bond acceptors (Lipinski definition) is 2. The summed E-state index contributed by atoms with van der Waals surface area (Å²) >= 11 is 7.63. The molecule has 2 aromatic carbocycles. The van der Waals surface area contributed by atoms with Crippen LogP contribution >= 0.6 is 22.9 Å². The summed E-state index contributed by atoms with van der Waals surface area (Å²) in [6, 6.07) is 14.2. The third-order valence-electron chi connectivity index (χ3n) is 2.80. The number of thiophene rings is 1. The predicted molar refractivity (Wildman–Crippen MR) is 77.9 cm³/mol. The van der Waals surface area contributed by atoms with E-state index in [9.17, 15) is 0 Å². The fourth-order valence-corrected chi connectivity index (χ4v) is 2.75. The molecule has 0 aliphatic heterocycles. The van der Waals surface area contributed by atoms with E-state index in [0.29, 0.717) is 5.88 Å². The van der Waals surface area contributed by atoms with Gasteiger partial charge in [-0.1, -0.05) is 24.3 Å². The predicted octanol–water partition coefficient (Wildman–Crippen LogP) is 5.43. The molecular formula is C15H11ClOS. The molecule has 1 aromatic heterocycles. The Balaban J connectivity index is 2.08. The number of hydrogen-bond donors (Lipinski definition) is 0. The third-order valence-corrected chi connectivity index (χ3v) is 3.75. The molecule has 0 aliphatic carbocycles. The molecule has 0 spiro atoms. The van der Waals surface area contributed by atoms with E-state index < -0.39 is 0 Å². The maximum atomic E-state index is 6.01. The average molecular weight is 275 g/mol. The Morgan fingerprint density at radius 2 is 1.94 bits per heavy atom. The normalized spacial score (nSPS) is 10.7.